The first-order valence-corrected chi connectivity index (χ1v) is 12.6. The molecule has 4 rings (SSSR count). The van der Waals surface area contributed by atoms with Crippen LogP contribution in [0.15, 0.2) is 24.3 Å². The second-order valence-corrected chi connectivity index (χ2v) is 10.4. The summed E-state index contributed by atoms with van der Waals surface area (Å²) in [5.41, 5.74) is 0.738. The molecule has 3 heterocycles. The molecule has 0 radical (unpaired) electrons. The van der Waals surface area contributed by atoms with Crippen LogP contribution in [-0.2, 0) is 21.3 Å². The van der Waals surface area contributed by atoms with Crippen molar-refractivity contribution in [3.8, 4) is 11.4 Å². The Balaban J connectivity index is 1.38. The Labute approximate surface area is 186 Å². The molecule has 2 aromatic rings. The maximum absolute atomic E-state index is 12.6. The summed E-state index contributed by atoms with van der Waals surface area (Å²) in [6.07, 6.45) is 0.433. The van der Waals surface area contributed by atoms with E-state index in [1.807, 2.05) is 31.2 Å². The molecule has 2 saturated heterocycles. The van der Waals surface area contributed by atoms with E-state index in [0.29, 0.717) is 56.4 Å². The van der Waals surface area contributed by atoms with E-state index in [2.05, 4.69) is 15.3 Å². The van der Waals surface area contributed by atoms with E-state index < -0.39 is 15.8 Å². The zero-order valence-corrected chi connectivity index (χ0v) is 19.0. The van der Waals surface area contributed by atoms with Crippen molar-refractivity contribution < 1.29 is 17.9 Å². The van der Waals surface area contributed by atoms with Gasteiger partial charge < -0.3 is 9.64 Å². The highest BCUT2D eigenvalue weighted by atomic mass is 32.2. The molecule has 12 heteroatoms. The van der Waals surface area contributed by atoms with Crippen LogP contribution in [0.1, 0.15) is 13.3 Å². The van der Waals surface area contributed by atoms with Crippen molar-refractivity contribution in [3.63, 3.8) is 0 Å². The SMILES string of the molecule is CCOc1ccccc1-n1nnn(CN2CCN(C(=O)[C@@H]3CCS(=O)(=O)C3)CC2)c1=S. The lowest BCUT2D eigenvalue weighted by molar-refractivity contribution is -0.136. The Morgan fingerprint density at radius 1 is 1.19 bits per heavy atom. The maximum atomic E-state index is 12.6. The van der Waals surface area contributed by atoms with Crippen molar-refractivity contribution in [3.05, 3.63) is 29.0 Å². The van der Waals surface area contributed by atoms with Gasteiger partial charge in [0.15, 0.2) is 9.84 Å². The summed E-state index contributed by atoms with van der Waals surface area (Å²) >= 11 is 5.58. The van der Waals surface area contributed by atoms with Crippen molar-refractivity contribution in [2.45, 2.75) is 20.0 Å². The fraction of sp³-hybridized carbons (Fsp3) is 0.579. The molecule has 2 fully saturated rings. The van der Waals surface area contributed by atoms with Crippen LogP contribution in [0.4, 0.5) is 0 Å². The topological polar surface area (TPSA) is 103 Å². The molecule has 2 aliphatic heterocycles. The molecule has 2 aliphatic rings. The number of piperazine rings is 1. The molecule has 1 aromatic heterocycles. The third kappa shape index (κ3) is 4.80. The lowest BCUT2D eigenvalue weighted by atomic mass is 10.1. The third-order valence-corrected chi connectivity index (χ3v) is 7.78. The van der Waals surface area contributed by atoms with E-state index in [4.69, 9.17) is 17.0 Å². The number of carbonyl (C=O) groups is 1. The van der Waals surface area contributed by atoms with Crippen LogP contribution in [-0.4, -0.2) is 88.2 Å². The minimum atomic E-state index is -3.06. The highest BCUT2D eigenvalue weighted by molar-refractivity contribution is 7.91. The van der Waals surface area contributed by atoms with Crippen molar-refractivity contribution in [2.75, 3.05) is 44.3 Å². The van der Waals surface area contributed by atoms with Gasteiger partial charge in [0.1, 0.15) is 11.4 Å². The average Bonchev–Trinajstić information content (AvgIpc) is 3.31. The molecule has 1 amide bonds. The van der Waals surface area contributed by atoms with Gasteiger partial charge in [0.05, 0.1) is 30.7 Å². The lowest BCUT2D eigenvalue weighted by Gasteiger charge is -2.35. The number of nitrogens with zero attached hydrogens (tertiary/aromatic N) is 6. The predicted octanol–water partition coefficient (Wildman–Crippen LogP) is 0.733. The standard InChI is InChI=1S/C19H26N6O4S2/c1-2-29-17-6-4-3-5-16(17)25-19(30)24(20-21-25)14-22-8-10-23(11-9-22)18(26)15-7-12-31(27,28)13-15/h3-6,15H,2,7-14H2,1H3/t15-/m1/s1. The zero-order chi connectivity index (χ0) is 22.0. The molecule has 0 saturated carbocycles. The summed E-state index contributed by atoms with van der Waals surface area (Å²) in [5.74, 6) is 0.345. The Morgan fingerprint density at radius 2 is 1.94 bits per heavy atom. The van der Waals surface area contributed by atoms with Crippen LogP contribution in [0.3, 0.4) is 0 Å². The summed E-state index contributed by atoms with van der Waals surface area (Å²) in [7, 11) is -3.06. The molecule has 10 nitrogen and oxygen atoms in total. The van der Waals surface area contributed by atoms with E-state index in [-0.39, 0.29) is 17.4 Å². The predicted molar refractivity (Wildman–Crippen MR) is 116 cm³/mol. The molecule has 0 N–H and O–H groups in total. The van der Waals surface area contributed by atoms with Crippen molar-refractivity contribution in [2.24, 2.45) is 5.92 Å². The van der Waals surface area contributed by atoms with Crippen LogP contribution >= 0.6 is 12.2 Å². The second kappa shape index (κ2) is 9.05. The molecule has 168 valence electrons. The molecular formula is C19H26N6O4S2. The Kier molecular flexibility index (Phi) is 6.39. The minimum absolute atomic E-state index is 0.0203. The molecule has 0 aliphatic carbocycles. The second-order valence-electron chi connectivity index (χ2n) is 7.76. The van der Waals surface area contributed by atoms with Gasteiger partial charge in [-0.1, -0.05) is 12.1 Å². The number of para-hydroxylation sites is 2. The molecule has 0 bridgehead atoms. The fourth-order valence-corrected chi connectivity index (χ4v) is 5.93. The summed E-state index contributed by atoms with van der Waals surface area (Å²) in [6.45, 7) is 5.37. The van der Waals surface area contributed by atoms with Gasteiger partial charge in [0, 0.05) is 26.2 Å². The monoisotopic (exact) mass is 466 g/mol. The Hall–Kier alpha value is -2.31. The van der Waals surface area contributed by atoms with E-state index in [0.717, 1.165) is 5.69 Å². The summed E-state index contributed by atoms with van der Waals surface area (Å²) in [5, 5.41) is 8.40. The number of hydrogen-bond acceptors (Lipinski definition) is 8. The van der Waals surface area contributed by atoms with Crippen LogP contribution < -0.4 is 4.74 Å². The van der Waals surface area contributed by atoms with Crippen LogP contribution in [0.25, 0.3) is 5.69 Å². The van der Waals surface area contributed by atoms with Crippen LogP contribution in [0.5, 0.6) is 5.75 Å². The summed E-state index contributed by atoms with van der Waals surface area (Å²) < 4.78 is 32.7. The van der Waals surface area contributed by atoms with Gasteiger partial charge >= 0.3 is 0 Å². The van der Waals surface area contributed by atoms with Crippen molar-refractivity contribution in [1.29, 1.82) is 0 Å². The molecular weight excluding hydrogens is 440 g/mol. The van der Waals surface area contributed by atoms with Crippen molar-refractivity contribution in [1.82, 2.24) is 29.6 Å². The van der Waals surface area contributed by atoms with Gasteiger partial charge in [0.25, 0.3) is 0 Å². The normalized spacial score (nSPS) is 21.3. The first-order valence-electron chi connectivity index (χ1n) is 10.3. The molecule has 31 heavy (non-hydrogen) atoms. The van der Waals surface area contributed by atoms with Crippen LogP contribution in [0.2, 0.25) is 0 Å². The number of sulfone groups is 1. The fourth-order valence-electron chi connectivity index (χ4n) is 3.97. The van der Waals surface area contributed by atoms with Gasteiger partial charge in [-0.3, -0.25) is 9.69 Å². The highest BCUT2D eigenvalue weighted by Gasteiger charge is 2.36. The first-order chi connectivity index (χ1) is 14.9. The zero-order valence-electron chi connectivity index (χ0n) is 17.4. The number of ether oxygens (including phenoxy) is 1. The number of amides is 1. The Morgan fingerprint density at radius 3 is 2.61 bits per heavy atom. The first kappa shape index (κ1) is 21.9. The van der Waals surface area contributed by atoms with Gasteiger partial charge in [-0.15, -0.1) is 0 Å². The Bertz CT molecular complexity index is 1100. The molecule has 1 aromatic carbocycles. The van der Waals surface area contributed by atoms with Gasteiger partial charge in [0.2, 0.25) is 10.7 Å². The van der Waals surface area contributed by atoms with E-state index in [1.165, 1.54) is 0 Å². The largest absolute Gasteiger partial charge is 0.492 e. The molecule has 1 atom stereocenters. The average molecular weight is 467 g/mol. The highest BCUT2D eigenvalue weighted by Crippen LogP contribution is 2.23. The number of aromatic nitrogens is 4. The number of carbonyl (C=O) groups excluding carboxylic acids is 1. The summed E-state index contributed by atoms with van der Waals surface area (Å²) in [6, 6.07) is 7.54. The van der Waals surface area contributed by atoms with E-state index >= 15 is 0 Å². The minimum Gasteiger partial charge on any atom is -0.492 e. The van der Waals surface area contributed by atoms with E-state index in [1.54, 1.807) is 14.3 Å². The van der Waals surface area contributed by atoms with E-state index in [9.17, 15) is 13.2 Å². The number of hydrogen-bond donors (Lipinski definition) is 0. The van der Waals surface area contributed by atoms with Crippen LogP contribution in [0, 0.1) is 10.7 Å². The molecule has 0 unspecified atom stereocenters. The van der Waals surface area contributed by atoms with Gasteiger partial charge in [-0.25, -0.2) is 13.1 Å². The smallest absolute Gasteiger partial charge is 0.226 e. The number of benzene rings is 1. The van der Waals surface area contributed by atoms with Crippen molar-refractivity contribution >= 4 is 28.0 Å². The lowest BCUT2D eigenvalue weighted by Crippen LogP contribution is -2.50. The maximum Gasteiger partial charge on any atom is 0.226 e. The quantitative estimate of drug-likeness (QED) is 0.574. The number of tetrazole rings is 1. The van der Waals surface area contributed by atoms with Gasteiger partial charge in [-0.05, 0) is 48.1 Å². The van der Waals surface area contributed by atoms with Gasteiger partial charge in [-0.2, -0.15) is 4.68 Å². The summed E-state index contributed by atoms with van der Waals surface area (Å²) in [4.78, 5) is 16.6. The third-order valence-electron chi connectivity index (χ3n) is 5.63. The number of rotatable bonds is 6. The molecule has 0 spiro atoms.